The summed E-state index contributed by atoms with van der Waals surface area (Å²) in [5, 5.41) is 3.04. The maximum Gasteiger partial charge on any atom is 0.255 e. The third kappa shape index (κ3) is 3.08. The molecule has 2 heteroatoms. The first-order valence-electron chi connectivity index (χ1n) is 7.09. The van der Waals surface area contributed by atoms with Gasteiger partial charge in [-0.3, -0.25) is 4.79 Å². The summed E-state index contributed by atoms with van der Waals surface area (Å²) in [6.45, 7) is 6.29. The summed E-state index contributed by atoms with van der Waals surface area (Å²) in [6, 6.07) is 15.7. The number of carbonyl (C=O) groups excluding carboxylic acids is 1. The fourth-order valence-corrected chi connectivity index (χ4v) is 2.28. The largest absolute Gasteiger partial charge is 0.322 e. The number of hydrogen-bond acceptors (Lipinski definition) is 1. The van der Waals surface area contributed by atoms with Crippen molar-refractivity contribution in [3.8, 4) is 0 Å². The summed E-state index contributed by atoms with van der Waals surface area (Å²) in [7, 11) is 0. The number of benzene rings is 2. The number of para-hydroxylation sites is 1. The van der Waals surface area contributed by atoms with Crippen LogP contribution in [0.3, 0.4) is 0 Å². The van der Waals surface area contributed by atoms with Gasteiger partial charge in [0.05, 0.1) is 0 Å². The van der Waals surface area contributed by atoms with Gasteiger partial charge in [0.25, 0.3) is 5.91 Å². The summed E-state index contributed by atoms with van der Waals surface area (Å²) in [6.07, 6.45) is 1.05. The van der Waals surface area contributed by atoms with Crippen LogP contribution in [0.4, 0.5) is 5.69 Å². The van der Waals surface area contributed by atoms with Crippen molar-refractivity contribution in [3.05, 3.63) is 65.2 Å². The van der Waals surface area contributed by atoms with Crippen molar-refractivity contribution in [2.75, 3.05) is 5.32 Å². The lowest BCUT2D eigenvalue weighted by Crippen LogP contribution is -2.15. The Morgan fingerprint density at radius 2 is 1.75 bits per heavy atom. The molecule has 0 saturated carbocycles. The van der Waals surface area contributed by atoms with Crippen LogP contribution >= 0.6 is 0 Å². The second-order valence-electron chi connectivity index (χ2n) is 5.17. The predicted molar refractivity (Wildman–Crippen MR) is 84.3 cm³/mol. The van der Waals surface area contributed by atoms with Gasteiger partial charge < -0.3 is 5.32 Å². The van der Waals surface area contributed by atoms with Gasteiger partial charge in [0.1, 0.15) is 0 Å². The quantitative estimate of drug-likeness (QED) is 0.850. The van der Waals surface area contributed by atoms with E-state index in [9.17, 15) is 4.79 Å². The van der Waals surface area contributed by atoms with Crippen LogP contribution in [0.2, 0.25) is 0 Å². The summed E-state index contributed by atoms with van der Waals surface area (Å²) >= 11 is 0. The lowest BCUT2D eigenvalue weighted by Gasteiger charge is -2.16. The number of hydrogen-bond donors (Lipinski definition) is 1. The zero-order chi connectivity index (χ0) is 14.5. The minimum absolute atomic E-state index is 0.0427. The lowest BCUT2D eigenvalue weighted by molar-refractivity contribution is 0.102. The molecule has 0 aliphatic carbocycles. The molecule has 20 heavy (non-hydrogen) atoms. The molecule has 1 N–H and O–H groups in total. The van der Waals surface area contributed by atoms with Crippen LogP contribution in [0, 0.1) is 6.92 Å². The van der Waals surface area contributed by atoms with Crippen LogP contribution in [0.15, 0.2) is 48.5 Å². The van der Waals surface area contributed by atoms with Gasteiger partial charge in [0.15, 0.2) is 0 Å². The molecule has 1 amide bonds. The van der Waals surface area contributed by atoms with Gasteiger partial charge in [-0.1, -0.05) is 50.2 Å². The van der Waals surface area contributed by atoms with Gasteiger partial charge in [-0.05, 0) is 42.5 Å². The van der Waals surface area contributed by atoms with Crippen LogP contribution in [0.5, 0.6) is 0 Å². The molecule has 0 saturated heterocycles. The van der Waals surface area contributed by atoms with E-state index < -0.39 is 0 Å². The van der Waals surface area contributed by atoms with E-state index in [2.05, 4.69) is 25.2 Å². The average molecular weight is 267 g/mol. The molecule has 2 rings (SSSR count). The van der Waals surface area contributed by atoms with Crippen molar-refractivity contribution in [1.29, 1.82) is 0 Å². The normalized spacial score (nSPS) is 11.9. The van der Waals surface area contributed by atoms with Crippen LogP contribution in [0.1, 0.15) is 47.7 Å². The Hall–Kier alpha value is -2.09. The minimum atomic E-state index is -0.0427. The highest BCUT2D eigenvalue weighted by atomic mass is 16.1. The zero-order valence-corrected chi connectivity index (χ0v) is 12.3. The Morgan fingerprint density at radius 1 is 1.10 bits per heavy atom. The van der Waals surface area contributed by atoms with Crippen molar-refractivity contribution < 1.29 is 4.79 Å². The number of anilines is 1. The maximum atomic E-state index is 12.4. The van der Waals surface area contributed by atoms with E-state index in [4.69, 9.17) is 0 Å². The number of carbonyl (C=O) groups is 1. The third-order valence-electron chi connectivity index (χ3n) is 3.74. The SMILES string of the molecule is CC[C@H](C)c1ccccc1NC(=O)c1ccccc1C. The van der Waals surface area contributed by atoms with Crippen molar-refractivity contribution in [2.24, 2.45) is 0 Å². The monoisotopic (exact) mass is 267 g/mol. The molecular weight excluding hydrogens is 246 g/mol. The number of nitrogens with one attached hydrogen (secondary N) is 1. The first kappa shape index (κ1) is 14.3. The van der Waals surface area contributed by atoms with Crippen LogP contribution in [-0.4, -0.2) is 5.91 Å². The highest BCUT2D eigenvalue weighted by Gasteiger charge is 2.13. The first-order valence-corrected chi connectivity index (χ1v) is 7.09. The van der Waals surface area contributed by atoms with Gasteiger partial charge in [-0.25, -0.2) is 0 Å². The predicted octanol–water partition coefficient (Wildman–Crippen LogP) is 4.76. The van der Waals surface area contributed by atoms with Gasteiger partial charge in [-0.15, -0.1) is 0 Å². The molecule has 0 bridgehead atoms. The smallest absolute Gasteiger partial charge is 0.255 e. The number of amides is 1. The Balaban J connectivity index is 2.27. The van der Waals surface area contributed by atoms with Gasteiger partial charge >= 0.3 is 0 Å². The second-order valence-corrected chi connectivity index (χ2v) is 5.17. The van der Waals surface area contributed by atoms with E-state index in [1.54, 1.807) is 0 Å². The highest BCUT2D eigenvalue weighted by molar-refractivity contribution is 6.05. The van der Waals surface area contributed by atoms with Crippen LogP contribution in [0.25, 0.3) is 0 Å². The van der Waals surface area contributed by atoms with Crippen LogP contribution in [-0.2, 0) is 0 Å². The molecule has 2 nitrogen and oxygen atoms in total. The van der Waals surface area contributed by atoms with Gasteiger partial charge in [0, 0.05) is 11.3 Å². The fraction of sp³-hybridized carbons (Fsp3) is 0.278. The number of rotatable bonds is 4. The van der Waals surface area contributed by atoms with E-state index >= 15 is 0 Å². The highest BCUT2D eigenvalue weighted by Crippen LogP contribution is 2.27. The molecule has 0 radical (unpaired) electrons. The molecule has 0 fully saturated rings. The van der Waals surface area contributed by atoms with Crippen molar-refractivity contribution in [1.82, 2.24) is 0 Å². The van der Waals surface area contributed by atoms with E-state index in [1.807, 2.05) is 49.4 Å². The molecule has 0 unspecified atom stereocenters. The standard InChI is InChI=1S/C18H21NO/c1-4-13(2)15-10-7-8-12-17(15)19-18(20)16-11-6-5-9-14(16)3/h5-13H,4H2,1-3H3,(H,19,20)/t13-/m0/s1. The third-order valence-corrected chi connectivity index (χ3v) is 3.74. The second kappa shape index (κ2) is 6.38. The molecule has 104 valence electrons. The summed E-state index contributed by atoms with van der Waals surface area (Å²) < 4.78 is 0. The number of aryl methyl sites for hydroxylation is 1. The molecule has 1 atom stereocenters. The molecule has 2 aromatic rings. The van der Waals surface area contributed by atoms with Crippen molar-refractivity contribution in [2.45, 2.75) is 33.1 Å². The Labute approximate surface area is 120 Å². The fourth-order valence-electron chi connectivity index (χ4n) is 2.28. The lowest BCUT2D eigenvalue weighted by atomic mass is 9.96. The maximum absolute atomic E-state index is 12.4. The molecule has 0 aliphatic heterocycles. The van der Waals surface area contributed by atoms with E-state index in [-0.39, 0.29) is 5.91 Å². The first-order chi connectivity index (χ1) is 9.63. The Morgan fingerprint density at radius 3 is 2.45 bits per heavy atom. The Bertz CT molecular complexity index is 604. The summed E-state index contributed by atoms with van der Waals surface area (Å²) in [5.74, 6) is 0.391. The molecule has 0 spiro atoms. The van der Waals surface area contributed by atoms with Crippen molar-refractivity contribution >= 4 is 11.6 Å². The minimum Gasteiger partial charge on any atom is -0.322 e. The van der Waals surface area contributed by atoms with E-state index in [0.717, 1.165) is 23.2 Å². The molecule has 0 aromatic heterocycles. The van der Waals surface area contributed by atoms with E-state index in [0.29, 0.717) is 5.92 Å². The van der Waals surface area contributed by atoms with Crippen molar-refractivity contribution in [3.63, 3.8) is 0 Å². The zero-order valence-electron chi connectivity index (χ0n) is 12.3. The van der Waals surface area contributed by atoms with Gasteiger partial charge in [-0.2, -0.15) is 0 Å². The average Bonchev–Trinajstić information content (AvgIpc) is 2.47. The molecular formula is C18H21NO. The molecule has 2 aromatic carbocycles. The summed E-state index contributed by atoms with van der Waals surface area (Å²) in [5.41, 5.74) is 3.82. The summed E-state index contributed by atoms with van der Waals surface area (Å²) in [4.78, 5) is 12.4. The van der Waals surface area contributed by atoms with Crippen LogP contribution < -0.4 is 5.32 Å². The molecule has 0 heterocycles. The molecule has 0 aliphatic rings. The Kier molecular flexibility index (Phi) is 4.57. The topological polar surface area (TPSA) is 29.1 Å². The van der Waals surface area contributed by atoms with Gasteiger partial charge in [0.2, 0.25) is 0 Å². The van der Waals surface area contributed by atoms with E-state index in [1.165, 1.54) is 5.56 Å².